The van der Waals surface area contributed by atoms with Gasteiger partial charge in [0.1, 0.15) is 0 Å². The number of ether oxygens (including phenoxy) is 3. The number of methoxy groups -OCH3 is 1. The van der Waals surface area contributed by atoms with E-state index >= 15 is 0 Å². The van der Waals surface area contributed by atoms with Crippen LogP contribution in [0.3, 0.4) is 0 Å². The van der Waals surface area contributed by atoms with E-state index in [0.29, 0.717) is 40.7 Å². The Morgan fingerprint density at radius 3 is 2.65 bits per heavy atom. The van der Waals surface area contributed by atoms with Gasteiger partial charge < -0.3 is 19.1 Å². The van der Waals surface area contributed by atoms with Crippen LogP contribution in [-0.2, 0) is 14.3 Å². The molecule has 0 saturated carbocycles. The summed E-state index contributed by atoms with van der Waals surface area (Å²) in [5.74, 6) is 0.678. The number of anilines is 1. The fourth-order valence-electron chi connectivity index (χ4n) is 3.50. The summed E-state index contributed by atoms with van der Waals surface area (Å²) in [6, 6.07) is 10.6. The lowest BCUT2D eigenvalue weighted by Crippen LogP contribution is -2.23. The molecule has 4 rings (SSSR count). The molecule has 0 atom stereocenters. The highest BCUT2D eigenvalue weighted by atomic mass is 35.5. The van der Waals surface area contributed by atoms with Crippen molar-refractivity contribution in [3.63, 3.8) is 0 Å². The molecule has 2 aromatic carbocycles. The molecular weight excluding hydrogens is 420 g/mol. The maximum Gasteiger partial charge on any atom is 0.363 e. The average Bonchev–Trinajstić information content (AvgIpc) is 3.35. The van der Waals surface area contributed by atoms with Gasteiger partial charge in [-0.05, 0) is 61.4 Å². The van der Waals surface area contributed by atoms with Crippen LogP contribution in [-0.4, -0.2) is 38.0 Å². The van der Waals surface area contributed by atoms with Crippen LogP contribution in [0.5, 0.6) is 11.5 Å². The van der Waals surface area contributed by atoms with Crippen molar-refractivity contribution in [2.75, 3.05) is 25.2 Å². The first-order chi connectivity index (χ1) is 15.0. The van der Waals surface area contributed by atoms with Gasteiger partial charge in [-0.2, -0.15) is 0 Å². The van der Waals surface area contributed by atoms with Crippen molar-refractivity contribution in [1.82, 2.24) is 0 Å². The predicted octanol–water partition coefficient (Wildman–Crippen LogP) is 4.22. The molecule has 0 unspecified atom stereocenters. The molecule has 0 N–H and O–H groups in total. The van der Waals surface area contributed by atoms with Crippen LogP contribution >= 0.6 is 11.6 Å². The van der Waals surface area contributed by atoms with Gasteiger partial charge in [-0.3, -0.25) is 4.79 Å². The highest BCUT2D eigenvalue weighted by Crippen LogP contribution is 2.37. The minimum absolute atomic E-state index is 0.118. The van der Waals surface area contributed by atoms with Crippen molar-refractivity contribution in [2.45, 2.75) is 19.8 Å². The molecule has 2 heterocycles. The summed E-state index contributed by atoms with van der Waals surface area (Å²) in [7, 11) is 1.52. The van der Waals surface area contributed by atoms with Gasteiger partial charge in [0.2, 0.25) is 11.8 Å². The van der Waals surface area contributed by atoms with E-state index in [2.05, 4.69) is 4.99 Å². The lowest BCUT2D eigenvalue weighted by atomic mass is 10.1. The number of benzene rings is 2. The number of carbonyl (C=O) groups excluding carboxylic acids is 2. The Balaban J connectivity index is 1.59. The van der Waals surface area contributed by atoms with Crippen LogP contribution in [0.15, 0.2) is 47.1 Å². The molecule has 0 spiro atoms. The SMILES string of the molecule is CCOc1c(Cl)cc(C=C2N=C(c3ccc(N4CCCC4=O)cc3)OC2=O)cc1OC. The van der Waals surface area contributed by atoms with Gasteiger partial charge in [-0.1, -0.05) is 11.6 Å². The molecule has 1 saturated heterocycles. The maximum absolute atomic E-state index is 12.3. The summed E-state index contributed by atoms with van der Waals surface area (Å²) in [4.78, 5) is 30.3. The Morgan fingerprint density at radius 1 is 1.23 bits per heavy atom. The van der Waals surface area contributed by atoms with Gasteiger partial charge in [0, 0.05) is 24.2 Å². The Bertz CT molecular complexity index is 1090. The first-order valence-electron chi connectivity index (χ1n) is 9.94. The number of carbonyl (C=O) groups is 2. The van der Waals surface area contributed by atoms with Crippen LogP contribution in [0.1, 0.15) is 30.9 Å². The number of hydrogen-bond acceptors (Lipinski definition) is 6. The molecule has 0 aromatic heterocycles. The third-order valence-corrected chi connectivity index (χ3v) is 5.24. The summed E-state index contributed by atoms with van der Waals surface area (Å²) in [6.07, 6.45) is 3.01. The topological polar surface area (TPSA) is 77.4 Å². The average molecular weight is 441 g/mol. The zero-order valence-corrected chi connectivity index (χ0v) is 17.9. The van der Waals surface area contributed by atoms with E-state index in [1.165, 1.54) is 7.11 Å². The Hall–Kier alpha value is -3.32. The Morgan fingerprint density at radius 2 is 2.00 bits per heavy atom. The highest BCUT2D eigenvalue weighted by Gasteiger charge is 2.26. The number of amides is 1. The normalized spacial score (nSPS) is 17.2. The number of halogens is 1. The van der Waals surface area contributed by atoms with Crippen molar-refractivity contribution in [2.24, 2.45) is 4.99 Å². The van der Waals surface area contributed by atoms with E-state index in [1.807, 2.05) is 19.1 Å². The van der Waals surface area contributed by atoms with Gasteiger partial charge in [-0.25, -0.2) is 9.79 Å². The highest BCUT2D eigenvalue weighted by molar-refractivity contribution is 6.32. The number of esters is 1. The zero-order chi connectivity index (χ0) is 22.0. The van der Waals surface area contributed by atoms with E-state index in [9.17, 15) is 9.59 Å². The second-order valence-electron chi connectivity index (χ2n) is 7.00. The fourth-order valence-corrected chi connectivity index (χ4v) is 3.78. The van der Waals surface area contributed by atoms with Crippen molar-refractivity contribution >= 4 is 41.1 Å². The maximum atomic E-state index is 12.3. The predicted molar refractivity (Wildman–Crippen MR) is 118 cm³/mol. The molecule has 8 heteroatoms. The molecule has 1 amide bonds. The van der Waals surface area contributed by atoms with Crippen LogP contribution < -0.4 is 14.4 Å². The molecule has 2 aliphatic heterocycles. The van der Waals surface area contributed by atoms with Crippen LogP contribution in [0, 0.1) is 0 Å². The van der Waals surface area contributed by atoms with E-state index in [1.54, 1.807) is 35.2 Å². The smallest absolute Gasteiger partial charge is 0.363 e. The van der Waals surface area contributed by atoms with Gasteiger partial charge >= 0.3 is 5.97 Å². The third-order valence-electron chi connectivity index (χ3n) is 4.96. The lowest BCUT2D eigenvalue weighted by Gasteiger charge is -2.15. The van der Waals surface area contributed by atoms with Crippen molar-refractivity contribution in [3.8, 4) is 11.5 Å². The van der Waals surface area contributed by atoms with Gasteiger partial charge in [-0.15, -0.1) is 0 Å². The second kappa shape index (κ2) is 8.81. The minimum Gasteiger partial charge on any atom is -0.493 e. The molecular formula is C23H21ClN2O5. The summed E-state index contributed by atoms with van der Waals surface area (Å²) in [5.41, 5.74) is 2.25. The van der Waals surface area contributed by atoms with Crippen molar-refractivity contribution in [3.05, 3.63) is 58.2 Å². The quantitative estimate of drug-likeness (QED) is 0.496. The monoisotopic (exact) mass is 440 g/mol. The standard InChI is InChI=1S/C23H21ClN2O5/c1-3-30-21-17(24)11-14(13-19(21)29-2)12-18-23(28)31-22(25-18)15-6-8-16(9-7-15)26-10-4-5-20(26)27/h6-9,11-13H,3-5,10H2,1-2H3. The minimum atomic E-state index is -0.558. The fraction of sp³-hybridized carbons (Fsp3) is 0.261. The summed E-state index contributed by atoms with van der Waals surface area (Å²) in [6.45, 7) is 3.02. The summed E-state index contributed by atoms with van der Waals surface area (Å²) < 4.78 is 16.2. The van der Waals surface area contributed by atoms with Crippen molar-refractivity contribution in [1.29, 1.82) is 0 Å². The summed E-state index contributed by atoms with van der Waals surface area (Å²) >= 11 is 6.30. The first kappa shape index (κ1) is 20.9. The molecule has 160 valence electrons. The zero-order valence-electron chi connectivity index (χ0n) is 17.2. The van der Waals surface area contributed by atoms with Crippen molar-refractivity contribution < 1.29 is 23.8 Å². The van der Waals surface area contributed by atoms with E-state index in [-0.39, 0.29) is 17.5 Å². The first-order valence-corrected chi connectivity index (χ1v) is 10.3. The van der Waals surface area contributed by atoms with Gasteiger partial charge in [0.25, 0.3) is 0 Å². The van der Waals surface area contributed by atoms with Crippen LogP contribution in [0.25, 0.3) is 6.08 Å². The van der Waals surface area contributed by atoms with Crippen LogP contribution in [0.2, 0.25) is 5.02 Å². The van der Waals surface area contributed by atoms with Gasteiger partial charge in [0.15, 0.2) is 17.2 Å². The molecule has 0 bridgehead atoms. The molecule has 1 fully saturated rings. The molecule has 2 aliphatic rings. The van der Waals surface area contributed by atoms with E-state index in [0.717, 1.165) is 18.7 Å². The third kappa shape index (κ3) is 4.27. The number of hydrogen-bond donors (Lipinski definition) is 0. The number of cyclic esters (lactones) is 1. The van der Waals surface area contributed by atoms with Crippen LogP contribution in [0.4, 0.5) is 5.69 Å². The molecule has 2 aromatic rings. The lowest BCUT2D eigenvalue weighted by molar-refractivity contribution is -0.130. The molecule has 0 aliphatic carbocycles. The van der Waals surface area contributed by atoms with Gasteiger partial charge in [0.05, 0.1) is 18.7 Å². The van der Waals surface area contributed by atoms with E-state index in [4.69, 9.17) is 25.8 Å². The second-order valence-corrected chi connectivity index (χ2v) is 7.41. The molecule has 7 nitrogen and oxygen atoms in total. The van der Waals surface area contributed by atoms with E-state index < -0.39 is 5.97 Å². The number of rotatable bonds is 6. The number of nitrogens with zero attached hydrogens (tertiary/aromatic N) is 2. The Labute approximate surface area is 184 Å². The number of aliphatic imine (C=N–C) groups is 1. The molecule has 31 heavy (non-hydrogen) atoms. The Kier molecular flexibility index (Phi) is 5.95. The summed E-state index contributed by atoms with van der Waals surface area (Å²) in [5, 5.41) is 0.371. The molecule has 0 radical (unpaired) electrons. The largest absolute Gasteiger partial charge is 0.493 e.